The Hall–Kier alpha value is -2.36. The molecule has 0 aliphatic carbocycles. The van der Waals surface area contributed by atoms with Crippen LogP contribution in [0.25, 0.3) is 0 Å². The summed E-state index contributed by atoms with van der Waals surface area (Å²) in [5, 5.41) is 0. The molecule has 0 saturated carbocycles. The Bertz CT molecular complexity index is 733. The minimum Gasteiger partial charge on any atom is -0.465 e. The van der Waals surface area contributed by atoms with E-state index in [1.54, 1.807) is 0 Å². The smallest absolute Gasteiger partial charge is 0.315 e. The van der Waals surface area contributed by atoms with Crippen molar-refractivity contribution in [3.05, 3.63) is 59.4 Å². The summed E-state index contributed by atoms with van der Waals surface area (Å²) in [6, 6.07) is 13.0. The molecular formula is C21H25NO3. The zero-order valence-electron chi connectivity index (χ0n) is 14.7. The number of esters is 1. The third kappa shape index (κ3) is 3.84. The highest BCUT2D eigenvalue weighted by atomic mass is 16.5. The summed E-state index contributed by atoms with van der Waals surface area (Å²) in [7, 11) is 0. The molecule has 1 aromatic heterocycles. The monoisotopic (exact) mass is 339 g/mol. The maximum Gasteiger partial charge on any atom is 0.315 e. The van der Waals surface area contributed by atoms with E-state index in [1.165, 1.54) is 12.8 Å². The van der Waals surface area contributed by atoms with Crippen molar-refractivity contribution >= 4 is 11.8 Å². The number of carbonyl (C=O) groups is 2. The molecule has 0 amide bonds. The van der Waals surface area contributed by atoms with E-state index < -0.39 is 0 Å². The fraction of sp³-hybridized carbons (Fsp3) is 0.429. The number of fused-ring (bicyclic) bond motifs is 1. The Kier molecular flexibility index (Phi) is 5.69. The van der Waals surface area contributed by atoms with Crippen molar-refractivity contribution in [2.24, 2.45) is 0 Å². The van der Waals surface area contributed by atoms with Gasteiger partial charge in [0.2, 0.25) is 5.78 Å². The summed E-state index contributed by atoms with van der Waals surface area (Å²) in [5.41, 5.74) is 2.22. The van der Waals surface area contributed by atoms with Crippen LogP contribution in [0.15, 0.2) is 42.5 Å². The highest BCUT2D eigenvalue weighted by Gasteiger charge is 2.32. The van der Waals surface area contributed by atoms with E-state index >= 15 is 0 Å². The minimum atomic E-state index is -0.247. The molecule has 132 valence electrons. The molecule has 4 nitrogen and oxygen atoms in total. The second-order valence-corrected chi connectivity index (χ2v) is 6.56. The van der Waals surface area contributed by atoms with Gasteiger partial charge in [-0.2, -0.15) is 0 Å². The maximum atomic E-state index is 12.7. The van der Waals surface area contributed by atoms with Crippen LogP contribution in [0.4, 0.5) is 0 Å². The first-order chi connectivity index (χ1) is 12.2. The van der Waals surface area contributed by atoms with Crippen LogP contribution in [0.2, 0.25) is 0 Å². The number of unbranched alkanes of at least 4 members (excludes halogenated alkanes) is 3. The number of carbonyl (C=O) groups excluding carboxylic acids is 2. The van der Waals surface area contributed by atoms with Crippen LogP contribution in [-0.4, -0.2) is 22.9 Å². The van der Waals surface area contributed by atoms with E-state index in [9.17, 15) is 9.59 Å². The number of benzene rings is 1. The molecule has 4 heteroatoms. The number of ketones is 1. The SMILES string of the molecule is CCCCCCOC(=O)[C@@H]1CCn2c(C(=O)c3ccccc3)ccc21. The first-order valence-corrected chi connectivity index (χ1v) is 9.18. The van der Waals surface area contributed by atoms with E-state index in [4.69, 9.17) is 4.74 Å². The molecule has 0 spiro atoms. The van der Waals surface area contributed by atoms with Crippen molar-refractivity contribution in [1.82, 2.24) is 4.57 Å². The molecule has 25 heavy (non-hydrogen) atoms. The summed E-state index contributed by atoms with van der Waals surface area (Å²) < 4.78 is 7.42. The number of nitrogens with zero attached hydrogens (tertiary/aromatic N) is 1. The van der Waals surface area contributed by atoms with Gasteiger partial charge in [-0.1, -0.05) is 56.5 Å². The summed E-state index contributed by atoms with van der Waals surface area (Å²) in [4.78, 5) is 25.0. The zero-order chi connectivity index (χ0) is 17.6. The second kappa shape index (κ2) is 8.15. The Balaban J connectivity index is 1.65. The molecule has 0 unspecified atom stereocenters. The largest absolute Gasteiger partial charge is 0.465 e. The molecule has 1 atom stereocenters. The lowest BCUT2D eigenvalue weighted by Gasteiger charge is -2.10. The Morgan fingerprint density at radius 3 is 2.64 bits per heavy atom. The predicted octanol–water partition coefficient (Wildman–Crippen LogP) is 4.33. The molecule has 0 radical (unpaired) electrons. The van der Waals surface area contributed by atoms with Crippen molar-refractivity contribution < 1.29 is 14.3 Å². The zero-order valence-corrected chi connectivity index (χ0v) is 14.7. The summed E-state index contributed by atoms with van der Waals surface area (Å²) in [6.07, 6.45) is 5.07. The van der Waals surface area contributed by atoms with Gasteiger partial charge >= 0.3 is 5.97 Å². The number of aromatic nitrogens is 1. The Morgan fingerprint density at radius 1 is 1.08 bits per heavy atom. The van der Waals surface area contributed by atoms with Crippen LogP contribution < -0.4 is 0 Å². The van der Waals surface area contributed by atoms with Crippen LogP contribution in [0, 0.1) is 0 Å². The maximum absolute atomic E-state index is 12.7. The fourth-order valence-electron chi connectivity index (χ4n) is 3.42. The highest BCUT2D eigenvalue weighted by Crippen LogP contribution is 2.32. The van der Waals surface area contributed by atoms with Crippen LogP contribution in [0.3, 0.4) is 0 Å². The van der Waals surface area contributed by atoms with E-state index in [-0.39, 0.29) is 17.7 Å². The molecule has 2 heterocycles. The number of hydrogen-bond acceptors (Lipinski definition) is 3. The molecule has 0 fully saturated rings. The third-order valence-corrected chi connectivity index (χ3v) is 4.81. The van der Waals surface area contributed by atoms with Gasteiger partial charge in [-0.25, -0.2) is 0 Å². The molecular weight excluding hydrogens is 314 g/mol. The van der Waals surface area contributed by atoms with Crippen LogP contribution >= 0.6 is 0 Å². The van der Waals surface area contributed by atoms with Crippen LogP contribution in [0.1, 0.15) is 66.7 Å². The molecule has 0 saturated heterocycles. The first-order valence-electron chi connectivity index (χ1n) is 9.18. The van der Waals surface area contributed by atoms with Crippen molar-refractivity contribution in [2.45, 2.75) is 51.5 Å². The minimum absolute atomic E-state index is 0.000401. The Labute approximate surface area is 148 Å². The average molecular weight is 339 g/mol. The van der Waals surface area contributed by atoms with Gasteiger partial charge < -0.3 is 9.30 Å². The lowest BCUT2D eigenvalue weighted by molar-refractivity contribution is -0.145. The summed E-state index contributed by atoms with van der Waals surface area (Å²) >= 11 is 0. The van der Waals surface area contributed by atoms with E-state index in [1.807, 2.05) is 47.0 Å². The molecule has 0 bridgehead atoms. The fourth-order valence-corrected chi connectivity index (χ4v) is 3.42. The topological polar surface area (TPSA) is 48.3 Å². The molecule has 0 N–H and O–H groups in total. The van der Waals surface area contributed by atoms with Crippen LogP contribution in [0.5, 0.6) is 0 Å². The lowest BCUT2D eigenvalue weighted by Crippen LogP contribution is -2.14. The van der Waals surface area contributed by atoms with E-state index in [2.05, 4.69) is 6.92 Å². The normalized spacial score (nSPS) is 15.8. The van der Waals surface area contributed by atoms with Gasteiger partial charge in [0.25, 0.3) is 0 Å². The molecule has 1 aromatic carbocycles. The highest BCUT2D eigenvalue weighted by molar-refractivity contribution is 6.08. The third-order valence-electron chi connectivity index (χ3n) is 4.81. The van der Waals surface area contributed by atoms with Gasteiger partial charge in [-0.05, 0) is 25.0 Å². The van der Waals surface area contributed by atoms with E-state index in [0.717, 1.165) is 18.5 Å². The second-order valence-electron chi connectivity index (χ2n) is 6.56. The van der Waals surface area contributed by atoms with Gasteiger partial charge in [-0.3, -0.25) is 9.59 Å². The first kappa shape index (κ1) is 17.5. The van der Waals surface area contributed by atoms with Gasteiger partial charge in [0.05, 0.1) is 18.2 Å². The number of rotatable bonds is 8. The number of hydrogen-bond donors (Lipinski definition) is 0. The average Bonchev–Trinajstić information content (AvgIpc) is 3.23. The lowest BCUT2D eigenvalue weighted by atomic mass is 10.1. The van der Waals surface area contributed by atoms with Crippen molar-refractivity contribution in [1.29, 1.82) is 0 Å². The van der Waals surface area contributed by atoms with Crippen molar-refractivity contribution in [2.75, 3.05) is 6.61 Å². The van der Waals surface area contributed by atoms with Gasteiger partial charge in [-0.15, -0.1) is 0 Å². The van der Waals surface area contributed by atoms with Gasteiger partial charge in [0.1, 0.15) is 0 Å². The van der Waals surface area contributed by atoms with Crippen LogP contribution in [-0.2, 0) is 16.1 Å². The molecule has 1 aliphatic rings. The molecule has 1 aliphatic heterocycles. The van der Waals surface area contributed by atoms with Crippen molar-refractivity contribution in [3.8, 4) is 0 Å². The quantitative estimate of drug-likeness (QED) is 0.408. The molecule has 2 aromatic rings. The van der Waals surface area contributed by atoms with Gasteiger partial charge in [0, 0.05) is 17.8 Å². The standard InChI is InChI=1S/C21H25NO3/c1-2-3-4-8-15-25-21(24)17-13-14-22-18(17)11-12-19(22)20(23)16-9-6-5-7-10-16/h5-7,9-12,17H,2-4,8,13-15H2,1H3/t17-/m1/s1. The summed E-state index contributed by atoms with van der Waals surface area (Å²) in [5.74, 6) is -0.406. The van der Waals surface area contributed by atoms with Gasteiger partial charge in [0.15, 0.2) is 0 Å². The van der Waals surface area contributed by atoms with Crippen molar-refractivity contribution in [3.63, 3.8) is 0 Å². The Morgan fingerprint density at radius 2 is 1.88 bits per heavy atom. The number of ether oxygens (including phenoxy) is 1. The van der Waals surface area contributed by atoms with E-state index in [0.29, 0.717) is 30.8 Å². The summed E-state index contributed by atoms with van der Waals surface area (Å²) in [6.45, 7) is 3.34. The predicted molar refractivity (Wildman–Crippen MR) is 96.8 cm³/mol. The molecule has 3 rings (SSSR count).